The maximum Gasteiger partial charge on any atom is 0.238 e. The van der Waals surface area contributed by atoms with E-state index in [4.69, 9.17) is 4.74 Å². The number of hydrogen-bond acceptors (Lipinski definition) is 5. The predicted octanol–water partition coefficient (Wildman–Crippen LogP) is 0.563. The molecule has 0 aliphatic carbocycles. The van der Waals surface area contributed by atoms with Crippen molar-refractivity contribution < 1.29 is 9.53 Å². The van der Waals surface area contributed by atoms with Crippen molar-refractivity contribution in [3.05, 3.63) is 29.8 Å². The Kier molecular flexibility index (Phi) is 4.73. The molecule has 0 saturated carbocycles. The summed E-state index contributed by atoms with van der Waals surface area (Å²) in [5.41, 5.74) is 2.44. The molecule has 2 N–H and O–H groups in total. The molecule has 0 radical (unpaired) electrons. The number of nitrogens with zero attached hydrogens (tertiary/aromatic N) is 4. The Labute approximate surface area is 134 Å². The number of anilines is 1. The average molecular weight is 318 g/mol. The zero-order valence-electron chi connectivity index (χ0n) is 13.5. The van der Waals surface area contributed by atoms with E-state index in [9.17, 15) is 4.79 Å². The molecule has 1 fully saturated rings. The molecule has 1 saturated heterocycles. The number of amides is 1. The van der Waals surface area contributed by atoms with Crippen molar-refractivity contribution in [1.82, 2.24) is 24.9 Å². The van der Waals surface area contributed by atoms with Crippen LogP contribution in [0.5, 0.6) is 0 Å². The molecule has 0 spiro atoms. The van der Waals surface area contributed by atoms with Gasteiger partial charge in [-0.3, -0.25) is 19.5 Å². The Balaban J connectivity index is 1.52. The summed E-state index contributed by atoms with van der Waals surface area (Å²) in [6.07, 6.45) is 3.72. The zero-order chi connectivity index (χ0) is 16.2. The fourth-order valence-electron chi connectivity index (χ4n) is 2.77. The second kappa shape index (κ2) is 6.93. The molecule has 0 unspecified atom stereocenters. The third kappa shape index (κ3) is 3.96. The van der Waals surface area contributed by atoms with Crippen LogP contribution in [0.15, 0.2) is 18.5 Å². The monoisotopic (exact) mass is 318 g/mol. The normalized spacial score (nSPS) is 19.0. The van der Waals surface area contributed by atoms with Gasteiger partial charge in [-0.1, -0.05) is 0 Å². The van der Waals surface area contributed by atoms with Crippen molar-refractivity contribution in [3.8, 4) is 0 Å². The van der Waals surface area contributed by atoms with E-state index in [0.29, 0.717) is 19.7 Å². The van der Waals surface area contributed by atoms with Crippen LogP contribution in [0, 0.1) is 13.8 Å². The smallest absolute Gasteiger partial charge is 0.238 e. The molecule has 0 aromatic carbocycles. The maximum absolute atomic E-state index is 12.3. The highest BCUT2D eigenvalue weighted by Crippen LogP contribution is 2.16. The fourth-order valence-corrected chi connectivity index (χ4v) is 2.77. The summed E-state index contributed by atoms with van der Waals surface area (Å²) in [6, 6.07) is 1.89. The topological polar surface area (TPSA) is 88.1 Å². The van der Waals surface area contributed by atoms with E-state index in [1.165, 1.54) is 0 Å². The number of rotatable bonds is 5. The van der Waals surface area contributed by atoms with Gasteiger partial charge in [0.05, 0.1) is 42.9 Å². The van der Waals surface area contributed by atoms with E-state index in [2.05, 4.69) is 25.5 Å². The van der Waals surface area contributed by atoms with Gasteiger partial charge in [-0.25, -0.2) is 0 Å². The largest absolute Gasteiger partial charge is 0.374 e. The highest BCUT2D eigenvalue weighted by molar-refractivity contribution is 5.93. The van der Waals surface area contributed by atoms with Crippen LogP contribution in [0.25, 0.3) is 0 Å². The number of aromatic nitrogens is 4. The van der Waals surface area contributed by atoms with Crippen molar-refractivity contribution in [2.45, 2.75) is 26.5 Å². The van der Waals surface area contributed by atoms with Gasteiger partial charge in [0, 0.05) is 25.5 Å². The Morgan fingerprint density at radius 2 is 2.39 bits per heavy atom. The summed E-state index contributed by atoms with van der Waals surface area (Å²) in [5.74, 6) is -0.0302. The molecule has 3 heterocycles. The van der Waals surface area contributed by atoms with Crippen LogP contribution in [0.4, 0.5) is 5.69 Å². The number of aryl methyl sites for hydroxylation is 2. The molecular weight excluding hydrogens is 296 g/mol. The van der Waals surface area contributed by atoms with Crippen molar-refractivity contribution in [3.63, 3.8) is 0 Å². The number of nitrogens with one attached hydrogen (secondary N) is 2. The number of aromatic amines is 1. The fraction of sp³-hybridized carbons (Fsp3) is 0.533. The van der Waals surface area contributed by atoms with Crippen molar-refractivity contribution in [2.75, 3.05) is 31.6 Å². The molecule has 3 rings (SSSR count). The molecule has 124 valence electrons. The van der Waals surface area contributed by atoms with E-state index in [0.717, 1.165) is 30.2 Å². The molecule has 1 atom stereocenters. The molecule has 0 bridgehead atoms. The first-order valence-corrected chi connectivity index (χ1v) is 7.74. The van der Waals surface area contributed by atoms with Crippen LogP contribution in [-0.4, -0.2) is 63.1 Å². The molecule has 2 aromatic rings. The Hall–Kier alpha value is -2.19. The third-order valence-electron chi connectivity index (χ3n) is 3.93. The standard InChI is InChI=1S/C15H22N6O2/c1-11-15(12(2)19-18-11)17-14(22)10-20-6-7-23-13(8-20)9-21-5-3-4-16-21/h3-5,13H,6-10H2,1-2H3,(H,17,22)(H,18,19)/t13-/m0/s1. The molecule has 23 heavy (non-hydrogen) atoms. The van der Waals surface area contributed by atoms with E-state index in [-0.39, 0.29) is 12.0 Å². The SMILES string of the molecule is Cc1n[nH]c(C)c1NC(=O)CN1CCO[C@H](Cn2cccn2)C1. The van der Waals surface area contributed by atoms with Crippen LogP contribution in [0.3, 0.4) is 0 Å². The summed E-state index contributed by atoms with van der Waals surface area (Å²) >= 11 is 0. The van der Waals surface area contributed by atoms with E-state index in [1.807, 2.05) is 30.8 Å². The van der Waals surface area contributed by atoms with Crippen LogP contribution in [-0.2, 0) is 16.1 Å². The lowest BCUT2D eigenvalue weighted by Gasteiger charge is -2.32. The number of carbonyl (C=O) groups excluding carboxylic acids is 1. The second-order valence-corrected chi connectivity index (χ2v) is 5.81. The quantitative estimate of drug-likeness (QED) is 0.841. The number of carbonyl (C=O) groups is 1. The Bertz CT molecular complexity index is 631. The van der Waals surface area contributed by atoms with Gasteiger partial charge in [-0.05, 0) is 19.9 Å². The summed E-state index contributed by atoms with van der Waals surface area (Å²) in [7, 11) is 0. The highest BCUT2D eigenvalue weighted by atomic mass is 16.5. The lowest BCUT2D eigenvalue weighted by molar-refractivity contribution is -0.119. The van der Waals surface area contributed by atoms with Gasteiger partial charge in [0.1, 0.15) is 0 Å². The third-order valence-corrected chi connectivity index (χ3v) is 3.93. The van der Waals surface area contributed by atoms with E-state index >= 15 is 0 Å². The minimum absolute atomic E-state index is 0.0302. The van der Waals surface area contributed by atoms with Crippen LogP contribution < -0.4 is 5.32 Å². The molecule has 1 aliphatic rings. The van der Waals surface area contributed by atoms with Gasteiger partial charge in [0.15, 0.2) is 0 Å². The minimum atomic E-state index is -0.0302. The first-order valence-electron chi connectivity index (χ1n) is 7.74. The van der Waals surface area contributed by atoms with Crippen LogP contribution in [0.2, 0.25) is 0 Å². The first-order chi connectivity index (χ1) is 11.1. The lowest BCUT2D eigenvalue weighted by atomic mass is 10.2. The first kappa shape index (κ1) is 15.7. The van der Waals surface area contributed by atoms with Gasteiger partial charge < -0.3 is 10.1 Å². The van der Waals surface area contributed by atoms with E-state index < -0.39 is 0 Å². The summed E-state index contributed by atoms with van der Waals surface area (Å²) in [4.78, 5) is 14.4. The van der Waals surface area contributed by atoms with Crippen LogP contribution >= 0.6 is 0 Å². The van der Waals surface area contributed by atoms with Gasteiger partial charge >= 0.3 is 0 Å². The molecule has 8 nitrogen and oxygen atoms in total. The van der Waals surface area contributed by atoms with E-state index in [1.54, 1.807) is 6.20 Å². The lowest BCUT2D eigenvalue weighted by Crippen LogP contribution is -2.47. The molecule has 1 amide bonds. The predicted molar refractivity (Wildman–Crippen MR) is 85.1 cm³/mol. The number of ether oxygens (including phenoxy) is 1. The molecular formula is C15H22N6O2. The van der Waals surface area contributed by atoms with Gasteiger partial charge in [-0.2, -0.15) is 10.2 Å². The summed E-state index contributed by atoms with van der Waals surface area (Å²) in [5, 5.41) is 14.1. The van der Waals surface area contributed by atoms with Crippen LogP contribution in [0.1, 0.15) is 11.4 Å². The second-order valence-electron chi connectivity index (χ2n) is 5.81. The van der Waals surface area contributed by atoms with Gasteiger partial charge in [-0.15, -0.1) is 0 Å². The Morgan fingerprint density at radius 3 is 3.09 bits per heavy atom. The molecule has 8 heteroatoms. The minimum Gasteiger partial charge on any atom is -0.374 e. The summed E-state index contributed by atoms with van der Waals surface area (Å²) < 4.78 is 7.61. The molecule has 2 aromatic heterocycles. The average Bonchev–Trinajstić information content (AvgIpc) is 3.13. The van der Waals surface area contributed by atoms with Crippen molar-refractivity contribution >= 4 is 11.6 Å². The number of morpholine rings is 1. The molecule has 1 aliphatic heterocycles. The maximum atomic E-state index is 12.3. The van der Waals surface area contributed by atoms with Gasteiger partial charge in [0.2, 0.25) is 5.91 Å². The highest BCUT2D eigenvalue weighted by Gasteiger charge is 2.23. The zero-order valence-corrected chi connectivity index (χ0v) is 13.5. The van der Waals surface area contributed by atoms with Crippen molar-refractivity contribution in [2.24, 2.45) is 0 Å². The van der Waals surface area contributed by atoms with Crippen molar-refractivity contribution in [1.29, 1.82) is 0 Å². The van der Waals surface area contributed by atoms with Gasteiger partial charge in [0.25, 0.3) is 0 Å². The summed E-state index contributed by atoms with van der Waals surface area (Å²) in [6.45, 7) is 6.92. The Morgan fingerprint density at radius 1 is 1.52 bits per heavy atom. The number of hydrogen-bond donors (Lipinski definition) is 2. The number of H-pyrrole nitrogens is 1.